The van der Waals surface area contributed by atoms with Gasteiger partial charge in [-0.2, -0.15) is 0 Å². The molecule has 2 rings (SSSR count). The standard InChI is InChI=1S/C20H23BrN2O5/c1-26-15-8-14(9-16(10-15)27-2)11-23(13-20(25)28-3)12-19(24)22-18-7-5-4-6-17(18)21/h4-10H,11-13H2,1-3H3,(H,22,24). The molecule has 0 saturated heterocycles. The molecule has 0 aliphatic rings. The second-order valence-corrected chi connectivity index (χ2v) is 6.82. The van der Waals surface area contributed by atoms with Crippen LogP contribution < -0.4 is 14.8 Å². The highest BCUT2D eigenvalue weighted by Crippen LogP contribution is 2.24. The first-order chi connectivity index (χ1) is 13.4. The third-order valence-electron chi connectivity index (χ3n) is 3.91. The Morgan fingerprint density at radius 1 is 1.00 bits per heavy atom. The summed E-state index contributed by atoms with van der Waals surface area (Å²) < 4.78 is 16.1. The number of para-hydroxylation sites is 1. The maximum Gasteiger partial charge on any atom is 0.319 e. The Morgan fingerprint density at radius 2 is 1.64 bits per heavy atom. The number of nitrogens with zero attached hydrogens (tertiary/aromatic N) is 1. The van der Waals surface area contributed by atoms with Gasteiger partial charge in [-0.3, -0.25) is 14.5 Å². The van der Waals surface area contributed by atoms with Gasteiger partial charge >= 0.3 is 5.97 Å². The fraction of sp³-hybridized carbons (Fsp3) is 0.300. The largest absolute Gasteiger partial charge is 0.497 e. The van der Waals surface area contributed by atoms with Crippen molar-refractivity contribution in [3.8, 4) is 11.5 Å². The average molecular weight is 451 g/mol. The van der Waals surface area contributed by atoms with E-state index in [1.54, 1.807) is 31.3 Å². The molecule has 2 aromatic rings. The zero-order chi connectivity index (χ0) is 20.5. The molecule has 1 N–H and O–H groups in total. The van der Waals surface area contributed by atoms with Gasteiger partial charge in [-0.15, -0.1) is 0 Å². The first-order valence-corrected chi connectivity index (χ1v) is 9.30. The number of hydrogen-bond donors (Lipinski definition) is 1. The van der Waals surface area contributed by atoms with E-state index < -0.39 is 5.97 Å². The molecular weight excluding hydrogens is 428 g/mol. The number of carbonyl (C=O) groups is 2. The van der Waals surface area contributed by atoms with Crippen LogP contribution in [0.3, 0.4) is 0 Å². The molecule has 0 aliphatic carbocycles. The second kappa shape index (κ2) is 10.7. The van der Waals surface area contributed by atoms with Crippen LogP contribution in [0.15, 0.2) is 46.9 Å². The fourth-order valence-electron chi connectivity index (χ4n) is 2.59. The highest BCUT2D eigenvalue weighted by Gasteiger charge is 2.17. The van der Waals surface area contributed by atoms with Crippen LogP contribution in [0, 0.1) is 0 Å². The summed E-state index contributed by atoms with van der Waals surface area (Å²) in [5, 5.41) is 2.83. The third-order valence-corrected chi connectivity index (χ3v) is 4.60. The van der Waals surface area contributed by atoms with Crippen LogP contribution in [0.5, 0.6) is 11.5 Å². The lowest BCUT2D eigenvalue weighted by molar-refractivity contribution is -0.142. The minimum Gasteiger partial charge on any atom is -0.497 e. The highest BCUT2D eigenvalue weighted by atomic mass is 79.9. The lowest BCUT2D eigenvalue weighted by atomic mass is 10.2. The molecule has 0 saturated carbocycles. The van der Waals surface area contributed by atoms with Gasteiger partial charge in [0.1, 0.15) is 11.5 Å². The number of nitrogens with one attached hydrogen (secondary N) is 1. The number of methoxy groups -OCH3 is 3. The van der Waals surface area contributed by atoms with Crippen LogP contribution in [0.25, 0.3) is 0 Å². The van der Waals surface area contributed by atoms with Crippen LogP contribution in [-0.2, 0) is 20.9 Å². The van der Waals surface area contributed by atoms with E-state index >= 15 is 0 Å². The molecule has 0 radical (unpaired) electrons. The van der Waals surface area contributed by atoms with Gasteiger partial charge in [0.25, 0.3) is 0 Å². The van der Waals surface area contributed by atoms with Crippen molar-refractivity contribution in [3.05, 3.63) is 52.5 Å². The molecule has 150 valence electrons. The van der Waals surface area contributed by atoms with Gasteiger partial charge in [0.2, 0.25) is 5.91 Å². The Balaban J connectivity index is 2.14. The smallest absolute Gasteiger partial charge is 0.319 e. The summed E-state index contributed by atoms with van der Waals surface area (Å²) in [6, 6.07) is 12.7. The summed E-state index contributed by atoms with van der Waals surface area (Å²) in [5.41, 5.74) is 1.50. The van der Waals surface area contributed by atoms with Crippen molar-refractivity contribution in [2.75, 3.05) is 39.7 Å². The molecule has 0 heterocycles. The maximum absolute atomic E-state index is 12.5. The summed E-state index contributed by atoms with van der Waals surface area (Å²) in [7, 11) is 4.45. The van der Waals surface area contributed by atoms with E-state index in [0.29, 0.717) is 23.7 Å². The lowest BCUT2D eigenvalue weighted by Crippen LogP contribution is -2.37. The molecule has 7 nitrogen and oxygen atoms in total. The van der Waals surface area contributed by atoms with Crippen molar-refractivity contribution in [3.63, 3.8) is 0 Å². The van der Waals surface area contributed by atoms with Crippen LogP contribution >= 0.6 is 15.9 Å². The summed E-state index contributed by atoms with van der Waals surface area (Å²) in [5.74, 6) is 0.587. The zero-order valence-electron chi connectivity index (χ0n) is 16.0. The van der Waals surface area contributed by atoms with Gasteiger partial charge in [-0.1, -0.05) is 12.1 Å². The maximum atomic E-state index is 12.5. The van der Waals surface area contributed by atoms with Crippen molar-refractivity contribution in [1.82, 2.24) is 4.90 Å². The summed E-state index contributed by atoms with van der Waals surface area (Å²) in [6.45, 7) is 0.321. The van der Waals surface area contributed by atoms with Crippen molar-refractivity contribution in [1.29, 1.82) is 0 Å². The van der Waals surface area contributed by atoms with E-state index in [0.717, 1.165) is 10.0 Å². The Hall–Kier alpha value is -2.58. The number of hydrogen-bond acceptors (Lipinski definition) is 6. The van der Waals surface area contributed by atoms with Gasteiger partial charge in [-0.25, -0.2) is 0 Å². The van der Waals surface area contributed by atoms with Gasteiger partial charge in [0, 0.05) is 17.1 Å². The van der Waals surface area contributed by atoms with Crippen LogP contribution in [-0.4, -0.2) is 51.2 Å². The summed E-state index contributed by atoms with van der Waals surface area (Å²) >= 11 is 3.40. The van der Waals surface area contributed by atoms with Gasteiger partial charge in [-0.05, 0) is 45.8 Å². The fourth-order valence-corrected chi connectivity index (χ4v) is 2.97. The van der Waals surface area contributed by atoms with Gasteiger partial charge in [0.15, 0.2) is 0 Å². The Kier molecular flexibility index (Phi) is 8.28. The normalized spacial score (nSPS) is 10.5. The van der Waals surface area contributed by atoms with Gasteiger partial charge < -0.3 is 19.5 Å². The number of rotatable bonds is 9. The Labute approximate surface area is 172 Å². The Bertz CT molecular complexity index is 806. The molecule has 8 heteroatoms. The minimum absolute atomic E-state index is 0.00988. The monoisotopic (exact) mass is 450 g/mol. The van der Waals surface area contributed by atoms with Crippen molar-refractivity contribution in [2.24, 2.45) is 0 Å². The molecule has 0 unspecified atom stereocenters. The van der Waals surface area contributed by atoms with Crippen molar-refractivity contribution in [2.45, 2.75) is 6.54 Å². The first-order valence-electron chi connectivity index (χ1n) is 8.50. The lowest BCUT2D eigenvalue weighted by Gasteiger charge is -2.21. The molecule has 0 fully saturated rings. The predicted octanol–water partition coefficient (Wildman–Crippen LogP) is 3.08. The van der Waals surface area contributed by atoms with Crippen molar-refractivity contribution >= 4 is 33.5 Å². The van der Waals surface area contributed by atoms with E-state index in [1.165, 1.54) is 7.11 Å². The van der Waals surface area contributed by atoms with E-state index in [4.69, 9.17) is 14.2 Å². The second-order valence-electron chi connectivity index (χ2n) is 5.97. The van der Waals surface area contributed by atoms with E-state index in [2.05, 4.69) is 21.2 Å². The zero-order valence-corrected chi connectivity index (χ0v) is 17.6. The number of anilines is 1. The number of halogens is 1. The van der Waals surface area contributed by atoms with Crippen LogP contribution in [0.1, 0.15) is 5.56 Å². The molecule has 28 heavy (non-hydrogen) atoms. The van der Waals surface area contributed by atoms with E-state index in [9.17, 15) is 9.59 Å². The molecule has 0 bridgehead atoms. The molecule has 2 aromatic carbocycles. The number of ether oxygens (including phenoxy) is 3. The molecule has 0 aliphatic heterocycles. The minimum atomic E-state index is -0.427. The van der Waals surface area contributed by atoms with Crippen LogP contribution in [0.4, 0.5) is 5.69 Å². The highest BCUT2D eigenvalue weighted by molar-refractivity contribution is 9.10. The molecule has 0 atom stereocenters. The number of esters is 1. The average Bonchev–Trinajstić information content (AvgIpc) is 2.69. The first kappa shape index (κ1) is 21.7. The van der Waals surface area contributed by atoms with Crippen LogP contribution in [0.2, 0.25) is 0 Å². The van der Waals surface area contributed by atoms with E-state index in [1.807, 2.05) is 30.3 Å². The van der Waals surface area contributed by atoms with E-state index in [-0.39, 0.29) is 19.0 Å². The molecule has 0 spiro atoms. The number of benzene rings is 2. The quantitative estimate of drug-likeness (QED) is 0.591. The van der Waals surface area contributed by atoms with Crippen molar-refractivity contribution < 1.29 is 23.8 Å². The summed E-state index contributed by atoms with van der Waals surface area (Å²) in [6.07, 6.45) is 0. The number of carbonyl (C=O) groups excluding carboxylic acids is 2. The van der Waals surface area contributed by atoms with Gasteiger partial charge in [0.05, 0.1) is 40.1 Å². The topological polar surface area (TPSA) is 77.1 Å². The predicted molar refractivity (Wildman–Crippen MR) is 110 cm³/mol. The Morgan fingerprint density at radius 3 is 2.21 bits per heavy atom. The summed E-state index contributed by atoms with van der Waals surface area (Å²) in [4.78, 5) is 26.0. The third kappa shape index (κ3) is 6.54. The molecular formula is C20H23BrN2O5. The molecule has 1 amide bonds. The number of amides is 1. The molecule has 0 aromatic heterocycles. The SMILES string of the molecule is COC(=O)CN(CC(=O)Nc1ccccc1Br)Cc1cc(OC)cc(OC)c1.